The summed E-state index contributed by atoms with van der Waals surface area (Å²) in [6.07, 6.45) is 4.85. The Labute approximate surface area is 122 Å². The third-order valence-electron chi connectivity index (χ3n) is 3.90. The van der Waals surface area contributed by atoms with Gasteiger partial charge < -0.3 is 10.2 Å². The third-order valence-corrected chi connectivity index (χ3v) is 3.90. The molecule has 110 valence electrons. The van der Waals surface area contributed by atoms with Crippen molar-refractivity contribution >= 4 is 5.91 Å². The molecule has 1 aliphatic rings. The number of unbranched alkanes of at least 4 members (excludes halogenated alkanes) is 1. The van der Waals surface area contributed by atoms with Crippen LogP contribution in [-0.2, 0) is 11.2 Å². The SMILES string of the molecule is CCCCC(=O)N1CCCNC(Cc2ccccc2)C1. The summed E-state index contributed by atoms with van der Waals surface area (Å²) in [4.78, 5) is 14.3. The Morgan fingerprint density at radius 1 is 1.35 bits per heavy atom. The smallest absolute Gasteiger partial charge is 0.222 e. The molecule has 0 aliphatic carbocycles. The Hall–Kier alpha value is -1.35. The van der Waals surface area contributed by atoms with Crippen LogP contribution in [0.15, 0.2) is 30.3 Å². The van der Waals surface area contributed by atoms with E-state index >= 15 is 0 Å². The lowest BCUT2D eigenvalue weighted by Gasteiger charge is -2.25. The molecule has 1 aliphatic heterocycles. The molecule has 0 aromatic heterocycles. The Kier molecular flexibility index (Phi) is 6.06. The van der Waals surface area contributed by atoms with Gasteiger partial charge in [-0.3, -0.25) is 4.79 Å². The first-order valence-corrected chi connectivity index (χ1v) is 7.84. The highest BCUT2D eigenvalue weighted by molar-refractivity contribution is 5.76. The second-order valence-electron chi connectivity index (χ2n) is 5.64. The highest BCUT2D eigenvalue weighted by Gasteiger charge is 2.21. The van der Waals surface area contributed by atoms with Gasteiger partial charge in [-0.15, -0.1) is 0 Å². The Balaban J connectivity index is 1.91. The van der Waals surface area contributed by atoms with Crippen molar-refractivity contribution in [3.05, 3.63) is 35.9 Å². The quantitative estimate of drug-likeness (QED) is 0.895. The fourth-order valence-corrected chi connectivity index (χ4v) is 2.75. The summed E-state index contributed by atoms with van der Waals surface area (Å²) >= 11 is 0. The van der Waals surface area contributed by atoms with Gasteiger partial charge in [0.25, 0.3) is 0 Å². The summed E-state index contributed by atoms with van der Waals surface area (Å²) in [6, 6.07) is 10.9. The number of hydrogen-bond acceptors (Lipinski definition) is 2. The van der Waals surface area contributed by atoms with Crippen molar-refractivity contribution in [3.63, 3.8) is 0 Å². The van der Waals surface area contributed by atoms with Gasteiger partial charge in [-0.1, -0.05) is 43.7 Å². The van der Waals surface area contributed by atoms with Gasteiger partial charge in [0.05, 0.1) is 0 Å². The van der Waals surface area contributed by atoms with Crippen molar-refractivity contribution in [1.82, 2.24) is 10.2 Å². The van der Waals surface area contributed by atoms with Crippen LogP contribution in [0, 0.1) is 0 Å². The maximum Gasteiger partial charge on any atom is 0.222 e. The standard InChI is InChI=1S/C17H26N2O/c1-2-3-10-17(20)19-12-7-11-18-16(14-19)13-15-8-5-4-6-9-15/h4-6,8-9,16,18H,2-3,7,10-14H2,1H3. The van der Waals surface area contributed by atoms with Crippen LogP contribution in [0.25, 0.3) is 0 Å². The van der Waals surface area contributed by atoms with E-state index in [-0.39, 0.29) is 0 Å². The van der Waals surface area contributed by atoms with E-state index < -0.39 is 0 Å². The number of carbonyl (C=O) groups excluding carboxylic acids is 1. The van der Waals surface area contributed by atoms with Gasteiger partial charge >= 0.3 is 0 Å². The van der Waals surface area contributed by atoms with Crippen LogP contribution in [-0.4, -0.2) is 36.5 Å². The number of amides is 1. The van der Waals surface area contributed by atoms with Crippen molar-refractivity contribution < 1.29 is 4.79 Å². The van der Waals surface area contributed by atoms with Crippen LogP contribution < -0.4 is 5.32 Å². The molecule has 3 heteroatoms. The second-order valence-corrected chi connectivity index (χ2v) is 5.64. The first-order chi connectivity index (χ1) is 9.79. The molecule has 1 fully saturated rings. The molecule has 0 radical (unpaired) electrons. The first kappa shape index (κ1) is 15.0. The molecule has 1 amide bonds. The number of carbonyl (C=O) groups is 1. The molecule has 2 rings (SSSR count). The van der Waals surface area contributed by atoms with Crippen molar-refractivity contribution in [2.24, 2.45) is 0 Å². The van der Waals surface area contributed by atoms with E-state index in [1.165, 1.54) is 5.56 Å². The lowest BCUT2D eigenvalue weighted by Crippen LogP contribution is -2.41. The van der Waals surface area contributed by atoms with Crippen molar-refractivity contribution in [1.29, 1.82) is 0 Å². The topological polar surface area (TPSA) is 32.3 Å². The molecule has 1 N–H and O–H groups in total. The van der Waals surface area contributed by atoms with Crippen molar-refractivity contribution in [2.45, 2.75) is 45.1 Å². The molecule has 0 saturated carbocycles. The predicted octanol–water partition coefficient (Wildman–Crippen LogP) is 2.61. The predicted molar refractivity (Wildman–Crippen MR) is 82.7 cm³/mol. The van der Waals surface area contributed by atoms with E-state index in [0.717, 1.165) is 45.3 Å². The van der Waals surface area contributed by atoms with E-state index in [1.807, 2.05) is 6.07 Å². The lowest BCUT2D eigenvalue weighted by atomic mass is 10.1. The number of benzene rings is 1. The summed E-state index contributed by atoms with van der Waals surface area (Å²) in [5, 5.41) is 3.58. The van der Waals surface area contributed by atoms with Crippen LogP contribution in [0.1, 0.15) is 38.2 Å². The van der Waals surface area contributed by atoms with Gasteiger partial charge in [-0.2, -0.15) is 0 Å². The molecule has 1 aromatic rings. The number of nitrogens with zero attached hydrogens (tertiary/aromatic N) is 1. The normalized spacial score (nSPS) is 19.6. The van der Waals surface area contributed by atoms with Crippen LogP contribution in [0.3, 0.4) is 0 Å². The summed E-state index contributed by atoms with van der Waals surface area (Å²) in [5.74, 6) is 0.327. The molecule has 20 heavy (non-hydrogen) atoms. The first-order valence-electron chi connectivity index (χ1n) is 7.84. The molecule has 1 saturated heterocycles. The zero-order valence-corrected chi connectivity index (χ0v) is 12.5. The molecular weight excluding hydrogens is 248 g/mol. The van der Waals surface area contributed by atoms with Crippen LogP contribution in [0.5, 0.6) is 0 Å². The Morgan fingerprint density at radius 2 is 2.15 bits per heavy atom. The minimum Gasteiger partial charge on any atom is -0.341 e. The number of hydrogen-bond donors (Lipinski definition) is 1. The Bertz CT molecular complexity index is 405. The third kappa shape index (κ3) is 4.64. The maximum absolute atomic E-state index is 12.2. The van der Waals surface area contributed by atoms with Crippen LogP contribution >= 0.6 is 0 Å². The molecule has 0 bridgehead atoms. The molecule has 3 nitrogen and oxygen atoms in total. The summed E-state index contributed by atoms with van der Waals surface area (Å²) in [5.41, 5.74) is 1.34. The fraction of sp³-hybridized carbons (Fsp3) is 0.588. The minimum atomic E-state index is 0.327. The van der Waals surface area contributed by atoms with E-state index in [1.54, 1.807) is 0 Å². The van der Waals surface area contributed by atoms with Crippen LogP contribution in [0.4, 0.5) is 0 Å². The second kappa shape index (κ2) is 8.05. The fourth-order valence-electron chi connectivity index (χ4n) is 2.75. The minimum absolute atomic E-state index is 0.327. The molecular formula is C17H26N2O. The van der Waals surface area contributed by atoms with Gasteiger partial charge in [0.15, 0.2) is 0 Å². The van der Waals surface area contributed by atoms with Gasteiger partial charge in [0, 0.05) is 25.6 Å². The van der Waals surface area contributed by atoms with E-state index in [2.05, 4.69) is 41.4 Å². The van der Waals surface area contributed by atoms with E-state index in [4.69, 9.17) is 0 Å². The lowest BCUT2D eigenvalue weighted by molar-refractivity contribution is -0.131. The van der Waals surface area contributed by atoms with E-state index in [0.29, 0.717) is 18.4 Å². The monoisotopic (exact) mass is 274 g/mol. The molecule has 1 unspecified atom stereocenters. The number of rotatable bonds is 5. The highest BCUT2D eigenvalue weighted by Crippen LogP contribution is 2.10. The molecule has 0 spiro atoms. The summed E-state index contributed by atoms with van der Waals surface area (Å²) < 4.78 is 0. The molecule has 1 aromatic carbocycles. The van der Waals surface area contributed by atoms with Crippen molar-refractivity contribution in [2.75, 3.05) is 19.6 Å². The van der Waals surface area contributed by atoms with Crippen molar-refractivity contribution in [3.8, 4) is 0 Å². The maximum atomic E-state index is 12.2. The molecule has 1 heterocycles. The summed E-state index contributed by atoms with van der Waals surface area (Å²) in [7, 11) is 0. The number of nitrogens with one attached hydrogen (secondary N) is 1. The summed E-state index contributed by atoms with van der Waals surface area (Å²) in [6.45, 7) is 4.89. The zero-order chi connectivity index (χ0) is 14.2. The highest BCUT2D eigenvalue weighted by atomic mass is 16.2. The van der Waals surface area contributed by atoms with E-state index in [9.17, 15) is 4.79 Å². The van der Waals surface area contributed by atoms with Gasteiger partial charge in [-0.05, 0) is 31.4 Å². The van der Waals surface area contributed by atoms with Gasteiger partial charge in [0.1, 0.15) is 0 Å². The average molecular weight is 274 g/mol. The largest absolute Gasteiger partial charge is 0.341 e. The zero-order valence-electron chi connectivity index (χ0n) is 12.5. The van der Waals surface area contributed by atoms with Gasteiger partial charge in [-0.25, -0.2) is 0 Å². The van der Waals surface area contributed by atoms with Gasteiger partial charge in [0.2, 0.25) is 5.91 Å². The Morgan fingerprint density at radius 3 is 2.90 bits per heavy atom. The van der Waals surface area contributed by atoms with Crippen LogP contribution in [0.2, 0.25) is 0 Å². The average Bonchev–Trinajstić information content (AvgIpc) is 2.71. The molecule has 1 atom stereocenters.